The third-order valence-corrected chi connectivity index (χ3v) is 5.50. The summed E-state index contributed by atoms with van der Waals surface area (Å²) in [4.78, 5) is 12.2. The molecule has 1 fully saturated rings. The Kier molecular flexibility index (Phi) is 3.41. The molecule has 20 heavy (non-hydrogen) atoms. The molecule has 2 aliphatic heterocycles. The van der Waals surface area contributed by atoms with E-state index in [1.807, 2.05) is 0 Å². The Bertz CT molecular complexity index is 635. The smallest absolute Gasteiger partial charge is 0.163 e. The number of sulfone groups is 1. The summed E-state index contributed by atoms with van der Waals surface area (Å²) < 4.78 is 33.7. The molecule has 2 aliphatic rings. The van der Waals surface area contributed by atoms with E-state index in [1.165, 1.54) is 0 Å². The second kappa shape index (κ2) is 5.09. The average molecular weight is 296 g/mol. The van der Waals surface area contributed by atoms with Gasteiger partial charge in [0.15, 0.2) is 27.1 Å². The van der Waals surface area contributed by atoms with Crippen molar-refractivity contribution in [2.45, 2.75) is 12.8 Å². The number of hydrogen-bond donors (Lipinski definition) is 0. The van der Waals surface area contributed by atoms with Gasteiger partial charge in [-0.2, -0.15) is 0 Å². The van der Waals surface area contributed by atoms with Crippen molar-refractivity contribution in [3.8, 4) is 11.5 Å². The minimum Gasteiger partial charge on any atom is -0.486 e. The molecule has 3 rings (SSSR count). The standard InChI is InChI=1S/C14H16O5S/c15-12(7-10-3-6-20(16,17)9-10)11-1-2-13-14(8-11)19-5-4-18-13/h1-2,8,10H,3-7,9H2. The Morgan fingerprint density at radius 1 is 1.20 bits per heavy atom. The highest BCUT2D eigenvalue weighted by Crippen LogP contribution is 2.32. The molecule has 108 valence electrons. The van der Waals surface area contributed by atoms with Crippen LogP contribution in [0.25, 0.3) is 0 Å². The molecule has 1 atom stereocenters. The van der Waals surface area contributed by atoms with Crippen LogP contribution in [0.4, 0.5) is 0 Å². The Balaban J connectivity index is 1.71. The molecule has 0 aliphatic carbocycles. The van der Waals surface area contributed by atoms with Crippen LogP contribution in [0.1, 0.15) is 23.2 Å². The number of Topliss-reactive ketones (excluding diaryl/α,β-unsaturated/α-hetero) is 1. The van der Waals surface area contributed by atoms with Gasteiger partial charge in [0.2, 0.25) is 0 Å². The van der Waals surface area contributed by atoms with Gasteiger partial charge in [-0.1, -0.05) is 0 Å². The molecule has 1 unspecified atom stereocenters. The fourth-order valence-corrected chi connectivity index (χ4v) is 4.49. The van der Waals surface area contributed by atoms with Gasteiger partial charge in [-0.15, -0.1) is 0 Å². The van der Waals surface area contributed by atoms with E-state index in [1.54, 1.807) is 18.2 Å². The van der Waals surface area contributed by atoms with Crippen molar-refractivity contribution >= 4 is 15.6 Å². The number of rotatable bonds is 3. The van der Waals surface area contributed by atoms with E-state index >= 15 is 0 Å². The first-order valence-corrected chi connectivity index (χ1v) is 8.49. The normalized spacial score (nSPS) is 23.5. The van der Waals surface area contributed by atoms with Crippen LogP contribution in [0.2, 0.25) is 0 Å². The third-order valence-electron chi connectivity index (χ3n) is 3.66. The van der Waals surface area contributed by atoms with Gasteiger partial charge in [0, 0.05) is 12.0 Å². The lowest BCUT2D eigenvalue weighted by Gasteiger charge is -2.18. The summed E-state index contributed by atoms with van der Waals surface area (Å²) in [6, 6.07) is 5.12. The van der Waals surface area contributed by atoms with Gasteiger partial charge in [-0.3, -0.25) is 4.79 Å². The van der Waals surface area contributed by atoms with Crippen LogP contribution >= 0.6 is 0 Å². The maximum Gasteiger partial charge on any atom is 0.163 e. The van der Waals surface area contributed by atoms with Crippen LogP contribution in [0.5, 0.6) is 11.5 Å². The Morgan fingerprint density at radius 3 is 2.65 bits per heavy atom. The molecule has 0 N–H and O–H groups in total. The molecule has 5 nitrogen and oxygen atoms in total. The predicted octanol–water partition coefficient (Wildman–Crippen LogP) is 1.47. The molecular weight excluding hydrogens is 280 g/mol. The second-order valence-corrected chi connectivity index (χ2v) is 7.48. The molecule has 6 heteroatoms. The summed E-state index contributed by atoms with van der Waals surface area (Å²) in [5.41, 5.74) is 0.554. The number of fused-ring (bicyclic) bond motifs is 1. The number of hydrogen-bond acceptors (Lipinski definition) is 5. The Hall–Kier alpha value is -1.56. The van der Waals surface area contributed by atoms with Crippen molar-refractivity contribution in [2.75, 3.05) is 24.7 Å². The number of ether oxygens (including phenoxy) is 2. The first kappa shape index (κ1) is 13.4. The van der Waals surface area contributed by atoms with E-state index in [0.717, 1.165) is 0 Å². The van der Waals surface area contributed by atoms with Crippen LogP contribution in [-0.4, -0.2) is 38.9 Å². The summed E-state index contributed by atoms with van der Waals surface area (Å²) in [5, 5.41) is 0. The topological polar surface area (TPSA) is 69.7 Å². The van der Waals surface area contributed by atoms with Crippen LogP contribution in [0.3, 0.4) is 0 Å². The van der Waals surface area contributed by atoms with E-state index in [2.05, 4.69) is 0 Å². The number of ketones is 1. The number of carbonyl (C=O) groups is 1. The maximum absolute atomic E-state index is 12.2. The van der Waals surface area contributed by atoms with Crippen LogP contribution in [-0.2, 0) is 9.84 Å². The molecule has 0 radical (unpaired) electrons. The zero-order chi connectivity index (χ0) is 14.2. The highest BCUT2D eigenvalue weighted by molar-refractivity contribution is 7.91. The zero-order valence-corrected chi connectivity index (χ0v) is 11.8. The largest absolute Gasteiger partial charge is 0.486 e. The monoisotopic (exact) mass is 296 g/mol. The van der Waals surface area contributed by atoms with Gasteiger partial charge < -0.3 is 9.47 Å². The van der Waals surface area contributed by atoms with Crippen LogP contribution < -0.4 is 9.47 Å². The second-order valence-electron chi connectivity index (χ2n) is 5.25. The SMILES string of the molecule is O=C(CC1CCS(=O)(=O)C1)c1ccc2c(c1)OCCO2. The molecule has 0 bridgehead atoms. The van der Waals surface area contributed by atoms with E-state index in [-0.39, 0.29) is 29.6 Å². The summed E-state index contributed by atoms with van der Waals surface area (Å²) in [6.45, 7) is 0.992. The summed E-state index contributed by atoms with van der Waals surface area (Å²) in [5.74, 6) is 1.47. The lowest BCUT2D eigenvalue weighted by molar-refractivity contribution is 0.0964. The van der Waals surface area contributed by atoms with Gasteiger partial charge >= 0.3 is 0 Å². The van der Waals surface area contributed by atoms with Crippen molar-refractivity contribution in [1.82, 2.24) is 0 Å². The van der Waals surface area contributed by atoms with Gasteiger partial charge in [0.05, 0.1) is 11.5 Å². The van der Waals surface area contributed by atoms with E-state index < -0.39 is 9.84 Å². The first-order valence-electron chi connectivity index (χ1n) is 6.67. The lowest BCUT2D eigenvalue weighted by atomic mass is 9.97. The quantitative estimate of drug-likeness (QED) is 0.790. The lowest BCUT2D eigenvalue weighted by Crippen LogP contribution is -2.16. The number of benzene rings is 1. The van der Waals surface area contributed by atoms with E-state index in [9.17, 15) is 13.2 Å². The molecule has 0 aromatic heterocycles. The van der Waals surface area contributed by atoms with E-state index in [0.29, 0.717) is 36.7 Å². The summed E-state index contributed by atoms with van der Waals surface area (Å²) in [7, 11) is -2.93. The fraction of sp³-hybridized carbons (Fsp3) is 0.500. The Morgan fingerprint density at radius 2 is 1.95 bits per heavy atom. The summed E-state index contributed by atoms with van der Waals surface area (Å²) >= 11 is 0. The Labute approximate surface area is 117 Å². The zero-order valence-electron chi connectivity index (χ0n) is 11.0. The molecule has 0 spiro atoms. The predicted molar refractivity (Wildman–Crippen MR) is 73.1 cm³/mol. The number of carbonyl (C=O) groups excluding carboxylic acids is 1. The van der Waals surface area contributed by atoms with Crippen molar-refractivity contribution in [3.05, 3.63) is 23.8 Å². The van der Waals surface area contributed by atoms with Crippen LogP contribution in [0, 0.1) is 5.92 Å². The highest BCUT2D eigenvalue weighted by atomic mass is 32.2. The molecule has 1 aromatic rings. The molecule has 0 amide bonds. The molecule has 0 saturated carbocycles. The van der Waals surface area contributed by atoms with Gasteiger partial charge in [0.1, 0.15) is 13.2 Å². The highest BCUT2D eigenvalue weighted by Gasteiger charge is 2.29. The minimum absolute atomic E-state index is 0.0379. The third kappa shape index (κ3) is 2.80. The van der Waals surface area contributed by atoms with Crippen molar-refractivity contribution in [1.29, 1.82) is 0 Å². The molecule has 1 saturated heterocycles. The van der Waals surface area contributed by atoms with Crippen molar-refractivity contribution in [3.63, 3.8) is 0 Å². The van der Waals surface area contributed by atoms with E-state index in [4.69, 9.17) is 9.47 Å². The minimum atomic E-state index is -2.93. The molecule has 2 heterocycles. The van der Waals surface area contributed by atoms with Crippen molar-refractivity contribution in [2.24, 2.45) is 5.92 Å². The van der Waals surface area contributed by atoms with Gasteiger partial charge in [-0.25, -0.2) is 8.42 Å². The van der Waals surface area contributed by atoms with Crippen molar-refractivity contribution < 1.29 is 22.7 Å². The summed E-state index contributed by atoms with van der Waals surface area (Å²) in [6.07, 6.45) is 0.859. The van der Waals surface area contributed by atoms with Crippen LogP contribution in [0.15, 0.2) is 18.2 Å². The van der Waals surface area contributed by atoms with Gasteiger partial charge in [-0.05, 0) is 30.5 Å². The average Bonchev–Trinajstić information content (AvgIpc) is 2.77. The van der Waals surface area contributed by atoms with Gasteiger partial charge in [0.25, 0.3) is 0 Å². The molecular formula is C14H16O5S. The fourth-order valence-electron chi connectivity index (χ4n) is 2.63. The maximum atomic E-state index is 12.2. The molecule has 1 aromatic carbocycles. The first-order chi connectivity index (χ1) is 9.53.